The maximum atomic E-state index is 9.46. The summed E-state index contributed by atoms with van der Waals surface area (Å²) in [5.41, 5.74) is 1.69. The smallest absolute Gasteiger partial charge is 0.147 e. The van der Waals surface area contributed by atoms with Crippen molar-refractivity contribution in [2.24, 2.45) is 0 Å². The highest BCUT2D eigenvalue weighted by atomic mass is 15.3. The van der Waals surface area contributed by atoms with E-state index in [9.17, 15) is 5.26 Å². The van der Waals surface area contributed by atoms with Crippen molar-refractivity contribution in [3.05, 3.63) is 35.9 Å². The fourth-order valence-corrected chi connectivity index (χ4v) is 2.85. The molecular weight excluding hydrogens is 260 g/mol. The van der Waals surface area contributed by atoms with Crippen molar-refractivity contribution in [2.75, 3.05) is 31.6 Å². The molecule has 1 aromatic heterocycles. The molecule has 1 saturated heterocycles. The number of fused-ring (bicyclic) bond motifs is 1. The second-order valence-electron chi connectivity index (χ2n) is 6.32. The third-order valence-electron chi connectivity index (χ3n) is 4.44. The van der Waals surface area contributed by atoms with Crippen LogP contribution in [0.1, 0.15) is 19.4 Å². The molecule has 4 nitrogen and oxygen atoms in total. The van der Waals surface area contributed by atoms with Gasteiger partial charge in [0.15, 0.2) is 0 Å². The number of nitriles is 1. The van der Waals surface area contributed by atoms with E-state index in [4.69, 9.17) is 4.98 Å². The number of piperazine rings is 1. The van der Waals surface area contributed by atoms with Gasteiger partial charge in [-0.25, -0.2) is 4.98 Å². The lowest BCUT2D eigenvalue weighted by atomic mass is 9.99. The third-order valence-corrected chi connectivity index (χ3v) is 4.44. The van der Waals surface area contributed by atoms with Crippen LogP contribution in [-0.4, -0.2) is 42.1 Å². The van der Waals surface area contributed by atoms with Gasteiger partial charge in [-0.1, -0.05) is 18.2 Å². The minimum Gasteiger partial charge on any atom is -0.352 e. The lowest BCUT2D eigenvalue weighted by Crippen LogP contribution is -2.58. The highest BCUT2D eigenvalue weighted by molar-refractivity contribution is 5.83. The number of benzene rings is 1. The maximum Gasteiger partial charge on any atom is 0.147 e. The second kappa shape index (κ2) is 5.01. The van der Waals surface area contributed by atoms with Gasteiger partial charge < -0.3 is 4.90 Å². The first-order valence-electron chi connectivity index (χ1n) is 7.27. The van der Waals surface area contributed by atoms with Crippen molar-refractivity contribution in [1.82, 2.24) is 9.88 Å². The fraction of sp³-hybridized carbons (Fsp3) is 0.412. The van der Waals surface area contributed by atoms with Crippen LogP contribution < -0.4 is 4.90 Å². The molecule has 0 saturated carbocycles. The van der Waals surface area contributed by atoms with E-state index in [0.29, 0.717) is 5.56 Å². The van der Waals surface area contributed by atoms with Gasteiger partial charge in [0.2, 0.25) is 0 Å². The molecule has 0 spiro atoms. The summed E-state index contributed by atoms with van der Waals surface area (Å²) in [5, 5.41) is 10.5. The Balaban J connectivity index is 2.05. The van der Waals surface area contributed by atoms with E-state index in [1.165, 1.54) is 0 Å². The lowest BCUT2D eigenvalue weighted by molar-refractivity contribution is 0.138. The Morgan fingerprint density at radius 3 is 2.71 bits per heavy atom. The number of nitrogens with zero attached hydrogens (tertiary/aromatic N) is 4. The summed E-state index contributed by atoms with van der Waals surface area (Å²) in [5.74, 6) is 0.817. The van der Waals surface area contributed by atoms with Crippen LogP contribution in [0.15, 0.2) is 30.3 Å². The normalized spacial score (nSPS) is 18.7. The van der Waals surface area contributed by atoms with E-state index in [0.717, 1.165) is 36.4 Å². The number of anilines is 1. The summed E-state index contributed by atoms with van der Waals surface area (Å²) in [7, 11) is 2.15. The molecule has 1 aliphatic rings. The zero-order valence-electron chi connectivity index (χ0n) is 12.8. The van der Waals surface area contributed by atoms with Gasteiger partial charge in [-0.2, -0.15) is 5.26 Å². The van der Waals surface area contributed by atoms with Crippen LogP contribution in [-0.2, 0) is 0 Å². The number of hydrogen-bond acceptors (Lipinski definition) is 4. The lowest BCUT2D eigenvalue weighted by Gasteiger charge is -2.46. The Hall–Kier alpha value is -2.12. The maximum absolute atomic E-state index is 9.46. The first-order chi connectivity index (χ1) is 10.0. The van der Waals surface area contributed by atoms with Crippen LogP contribution in [0.5, 0.6) is 0 Å². The molecule has 0 unspecified atom stereocenters. The highest BCUT2D eigenvalue weighted by Crippen LogP contribution is 2.27. The fourth-order valence-electron chi connectivity index (χ4n) is 2.85. The summed E-state index contributed by atoms with van der Waals surface area (Å²) < 4.78 is 0. The molecule has 1 aliphatic heterocycles. The zero-order chi connectivity index (χ0) is 15.0. The Bertz CT molecular complexity index is 714. The molecule has 0 bridgehead atoms. The predicted molar refractivity (Wildman–Crippen MR) is 85.4 cm³/mol. The van der Waals surface area contributed by atoms with Crippen molar-refractivity contribution in [2.45, 2.75) is 19.4 Å². The molecule has 3 rings (SSSR count). The van der Waals surface area contributed by atoms with Gasteiger partial charge in [0, 0.05) is 30.6 Å². The SMILES string of the molecule is CN1CCN(c2nc3ccccc3cc2C#N)CC1(C)C. The molecule has 0 amide bonds. The number of para-hydroxylation sites is 1. The van der Waals surface area contributed by atoms with E-state index in [1.807, 2.05) is 30.3 Å². The van der Waals surface area contributed by atoms with Crippen molar-refractivity contribution < 1.29 is 0 Å². The molecule has 0 radical (unpaired) electrons. The first-order valence-corrected chi connectivity index (χ1v) is 7.27. The summed E-state index contributed by atoms with van der Waals surface area (Å²) in [4.78, 5) is 9.34. The van der Waals surface area contributed by atoms with E-state index in [1.54, 1.807) is 0 Å². The molecule has 1 fully saturated rings. The van der Waals surface area contributed by atoms with Crippen molar-refractivity contribution >= 4 is 16.7 Å². The molecule has 21 heavy (non-hydrogen) atoms. The third kappa shape index (κ3) is 2.45. The van der Waals surface area contributed by atoms with Crippen molar-refractivity contribution in [3.8, 4) is 6.07 Å². The summed E-state index contributed by atoms with van der Waals surface area (Å²) in [6.07, 6.45) is 0. The Morgan fingerprint density at radius 1 is 1.24 bits per heavy atom. The minimum absolute atomic E-state index is 0.0816. The molecular formula is C17H20N4. The second-order valence-corrected chi connectivity index (χ2v) is 6.32. The number of rotatable bonds is 1. The van der Waals surface area contributed by atoms with Gasteiger partial charge in [0.05, 0.1) is 11.1 Å². The van der Waals surface area contributed by atoms with Gasteiger partial charge in [-0.05, 0) is 33.0 Å². The molecule has 2 heterocycles. The van der Waals surface area contributed by atoms with Crippen LogP contribution in [0.4, 0.5) is 5.82 Å². The van der Waals surface area contributed by atoms with Crippen LogP contribution in [0.2, 0.25) is 0 Å². The Morgan fingerprint density at radius 2 is 2.00 bits per heavy atom. The molecule has 0 atom stereocenters. The van der Waals surface area contributed by atoms with Crippen molar-refractivity contribution in [1.29, 1.82) is 5.26 Å². The molecule has 108 valence electrons. The van der Waals surface area contributed by atoms with E-state index >= 15 is 0 Å². The molecule has 4 heteroatoms. The highest BCUT2D eigenvalue weighted by Gasteiger charge is 2.32. The summed E-state index contributed by atoms with van der Waals surface area (Å²) in [6, 6.07) is 12.2. The summed E-state index contributed by atoms with van der Waals surface area (Å²) in [6.45, 7) is 7.22. The topological polar surface area (TPSA) is 43.2 Å². The quantitative estimate of drug-likeness (QED) is 0.805. The Kier molecular flexibility index (Phi) is 3.30. The zero-order valence-corrected chi connectivity index (χ0v) is 12.8. The van der Waals surface area contributed by atoms with Gasteiger partial charge in [0.1, 0.15) is 11.9 Å². The van der Waals surface area contributed by atoms with Crippen LogP contribution in [0.25, 0.3) is 10.9 Å². The van der Waals surface area contributed by atoms with Crippen molar-refractivity contribution in [3.63, 3.8) is 0 Å². The largest absolute Gasteiger partial charge is 0.352 e. The average molecular weight is 280 g/mol. The standard InChI is InChI=1S/C17H20N4/c1-17(2)12-21(9-8-20(17)3)16-14(11-18)10-13-6-4-5-7-15(13)19-16/h4-7,10H,8-9,12H2,1-3H3. The number of pyridine rings is 1. The molecule has 0 aliphatic carbocycles. The number of hydrogen-bond donors (Lipinski definition) is 0. The van der Waals surface area contributed by atoms with E-state index in [2.05, 4.69) is 36.8 Å². The number of likely N-dealkylation sites (N-methyl/N-ethyl adjacent to an activating group) is 1. The van der Waals surface area contributed by atoms with E-state index in [-0.39, 0.29) is 5.54 Å². The monoisotopic (exact) mass is 280 g/mol. The number of aromatic nitrogens is 1. The van der Waals surface area contributed by atoms with Crippen LogP contribution in [0, 0.1) is 11.3 Å². The molecule has 0 N–H and O–H groups in total. The minimum atomic E-state index is 0.0816. The molecule has 1 aromatic carbocycles. The van der Waals surface area contributed by atoms with Gasteiger partial charge in [-0.3, -0.25) is 4.90 Å². The summed E-state index contributed by atoms with van der Waals surface area (Å²) >= 11 is 0. The Labute approximate surface area is 125 Å². The van der Waals surface area contributed by atoms with Gasteiger partial charge in [-0.15, -0.1) is 0 Å². The first kappa shape index (κ1) is 13.8. The van der Waals surface area contributed by atoms with Crippen LogP contribution >= 0.6 is 0 Å². The van der Waals surface area contributed by atoms with Crippen LogP contribution in [0.3, 0.4) is 0 Å². The van der Waals surface area contributed by atoms with E-state index < -0.39 is 0 Å². The van der Waals surface area contributed by atoms with Gasteiger partial charge >= 0.3 is 0 Å². The predicted octanol–water partition coefficient (Wildman–Crippen LogP) is 2.64. The van der Waals surface area contributed by atoms with Gasteiger partial charge in [0.25, 0.3) is 0 Å². The molecule has 2 aromatic rings. The average Bonchev–Trinajstić information content (AvgIpc) is 2.48.